The van der Waals surface area contributed by atoms with Gasteiger partial charge in [0.1, 0.15) is 12.8 Å². The number of carbonyl (C=O) groups is 1. The number of alkyl halides is 2. The number of halogens is 4. The zero-order chi connectivity index (χ0) is 21.9. The summed E-state index contributed by atoms with van der Waals surface area (Å²) in [7, 11) is 0. The molecule has 0 saturated carbocycles. The molecule has 162 valence electrons. The Labute approximate surface area is 182 Å². The van der Waals surface area contributed by atoms with Gasteiger partial charge in [0.15, 0.2) is 5.67 Å². The Balaban J connectivity index is 1.65. The lowest BCUT2D eigenvalue weighted by atomic mass is 9.89. The monoisotopic (exact) mass is 459 g/mol. The number of nitrogens with zero attached hydrogens (tertiary/aromatic N) is 2. The zero-order valence-corrected chi connectivity index (χ0v) is 17.4. The van der Waals surface area contributed by atoms with Gasteiger partial charge in [-0.05, 0) is 18.2 Å². The number of likely N-dealkylation sites (tertiary alicyclic amines) is 1. The molecule has 1 aliphatic heterocycles. The molecule has 0 aliphatic carbocycles. The van der Waals surface area contributed by atoms with Crippen molar-refractivity contribution < 1.29 is 23.8 Å². The summed E-state index contributed by atoms with van der Waals surface area (Å²) in [6, 6.07) is 5.47. The molecule has 2 heterocycles. The van der Waals surface area contributed by atoms with E-state index in [-0.39, 0.29) is 41.7 Å². The fourth-order valence-corrected chi connectivity index (χ4v) is 3.88. The number of rotatable bonds is 5. The average Bonchev–Trinajstić information content (AvgIpc) is 2.73. The van der Waals surface area contributed by atoms with E-state index in [0.717, 1.165) is 0 Å². The van der Waals surface area contributed by atoms with Crippen molar-refractivity contribution in [1.29, 1.82) is 0 Å². The predicted molar refractivity (Wildman–Crippen MR) is 110 cm³/mol. The van der Waals surface area contributed by atoms with Gasteiger partial charge in [-0.1, -0.05) is 29.3 Å². The molecule has 3 rings (SSSR count). The number of aromatic nitrogens is 1. The van der Waals surface area contributed by atoms with Crippen LogP contribution < -0.4 is 5.32 Å². The number of urea groups is 1. The zero-order valence-electron chi connectivity index (χ0n) is 15.9. The largest absolute Gasteiger partial charge is 0.393 e. The van der Waals surface area contributed by atoms with Gasteiger partial charge in [-0.25, -0.2) is 13.6 Å². The van der Waals surface area contributed by atoms with Crippen LogP contribution in [0.2, 0.25) is 10.0 Å². The molecule has 2 aromatic rings. The molecule has 0 spiro atoms. The van der Waals surface area contributed by atoms with Gasteiger partial charge in [-0.2, -0.15) is 0 Å². The maximum atomic E-state index is 15.5. The molecule has 30 heavy (non-hydrogen) atoms. The van der Waals surface area contributed by atoms with E-state index >= 15 is 4.39 Å². The minimum atomic E-state index is -1.82. The van der Waals surface area contributed by atoms with Crippen molar-refractivity contribution in [3.8, 4) is 0 Å². The first-order valence-corrected chi connectivity index (χ1v) is 10.1. The number of anilines is 1. The molecule has 2 amide bonds. The molecular formula is C20H21Cl2F2N3O3. The Morgan fingerprint density at radius 3 is 2.53 bits per heavy atom. The highest BCUT2D eigenvalue weighted by molar-refractivity contribution is 6.31. The Kier molecular flexibility index (Phi) is 7.13. The van der Waals surface area contributed by atoms with Crippen LogP contribution in [-0.2, 0) is 12.3 Å². The molecule has 0 unspecified atom stereocenters. The van der Waals surface area contributed by atoms with Crippen LogP contribution in [0.1, 0.15) is 35.8 Å². The molecule has 1 saturated heterocycles. The minimum absolute atomic E-state index is 0.00339. The fraction of sp³-hybridized carbons (Fsp3) is 0.400. The molecule has 3 N–H and O–H groups in total. The van der Waals surface area contributed by atoms with Crippen LogP contribution in [-0.4, -0.2) is 45.8 Å². The second-order valence-electron chi connectivity index (χ2n) is 7.12. The summed E-state index contributed by atoms with van der Waals surface area (Å²) in [5, 5.41) is 21.6. The SMILES string of the molecule is O=C(Nc1ccc(CF)c(Cl)c1)N1CCC(F)(c2ncc([C@@H](O)CO)cc2Cl)CC1. The summed E-state index contributed by atoms with van der Waals surface area (Å²) >= 11 is 12.1. The summed E-state index contributed by atoms with van der Waals surface area (Å²) < 4.78 is 28.2. The molecule has 10 heteroatoms. The number of amides is 2. The van der Waals surface area contributed by atoms with Crippen LogP contribution in [0.5, 0.6) is 0 Å². The number of carbonyl (C=O) groups excluding carboxylic acids is 1. The normalized spacial score (nSPS) is 16.9. The molecular weight excluding hydrogens is 439 g/mol. The van der Waals surface area contributed by atoms with E-state index in [2.05, 4.69) is 10.3 Å². The molecule has 1 aromatic carbocycles. The van der Waals surface area contributed by atoms with Crippen molar-refractivity contribution in [2.75, 3.05) is 25.0 Å². The smallest absolute Gasteiger partial charge is 0.321 e. The number of pyridine rings is 1. The Morgan fingerprint density at radius 1 is 1.27 bits per heavy atom. The van der Waals surface area contributed by atoms with Crippen molar-refractivity contribution in [1.82, 2.24) is 9.88 Å². The van der Waals surface area contributed by atoms with Gasteiger partial charge in [0.05, 0.1) is 17.3 Å². The van der Waals surface area contributed by atoms with Gasteiger partial charge in [-0.3, -0.25) is 4.98 Å². The second-order valence-corrected chi connectivity index (χ2v) is 7.93. The van der Waals surface area contributed by atoms with Crippen LogP contribution in [0.3, 0.4) is 0 Å². The standard InChI is InChI=1S/C20H21Cl2F2N3O3/c21-15-8-14(2-1-12(15)9-23)26-19(30)27-5-3-20(24,4-6-27)18-16(22)7-13(10-25-18)17(29)11-28/h1-2,7-8,10,17,28-29H,3-6,9,11H2,(H,26,30)/t17-/m0/s1. The molecule has 1 aliphatic rings. The van der Waals surface area contributed by atoms with Gasteiger partial charge < -0.3 is 20.4 Å². The summed E-state index contributed by atoms with van der Waals surface area (Å²) in [6.45, 7) is -0.923. The van der Waals surface area contributed by atoms with Gasteiger partial charge in [0, 0.05) is 54.0 Å². The number of hydrogen-bond donors (Lipinski definition) is 3. The highest BCUT2D eigenvalue weighted by atomic mass is 35.5. The van der Waals surface area contributed by atoms with Crippen molar-refractivity contribution in [2.45, 2.75) is 31.3 Å². The number of aliphatic hydroxyl groups is 2. The van der Waals surface area contributed by atoms with Crippen LogP contribution in [0.4, 0.5) is 19.3 Å². The highest BCUT2D eigenvalue weighted by Gasteiger charge is 2.40. The third kappa shape index (κ3) is 4.83. The molecule has 1 fully saturated rings. The van der Waals surface area contributed by atoms with Crippen molar-refractivity contribution in [3.05, 3.63) is 57.3 Å². The number of benzene rings is 1. The van der Waals surface area contributed by atoms with E-state index in [0.29, 0.717) is 16.8 Å². The number of aliphatic hydroxyl groups excluding tert-OH is 2. The van der Waals surface area contributed by atoms with E-state index in [1.165, 1.54) is 29.3 Å². The van der Waals surface area contributed by atoms with Crippen LogP contribution in [0, 0.1) is 0 Å². The first-order valence-electron chi connectivity index (χ1n) is 9.31. The van der Waals surface area contributed by atoms with Crippen molar-refractivity contribution in [2.24, 2.45) is 0 Å². The van der Waals surface area contributed by atoms with Crippen LogP contribution >= 0.6 is 23.2 Å². The van der Waals surface area contributed by atoms with Crippen molar-refractivity contribution >= 4 is 34.9 Å². The summed E-state index contributed by atoms with van der Waals surface area (Å²) in [5.41, 5.74) is -0.725. The Bertz CT molecular complexity index is 924. The minimum Gasteiger partial charge on any atom is -0.393 e. The van der Waals surface area contributed by atoms with Crippen LogP contribution in [0.25, 0.3) is 0 Å². The lowest BCUT2D eigenvalue weighted by Gasteiger charge is -2.36. The van der Waals surface area contributed by atoms with Gasteiger partial charge in [0.25, 0.3) is 0 Å². The predicted octanol–water partition coefficient (Wildman–Crippen LogP) is 4.38. The summed E-state index contributed by atoms with van der Waals surface area (Å²) in [5.74, 6) is 0. The van der Waals surface area contributed by atoms with E-state index < -0.39 is 31.1 Å². The van der Waals surface area contributed by atoms with Gasteiger partial charge in [-0.15, -0.1) is 0 Å². The topological polar surface area (TPSA) is 85.7 Å². The Morgan fingerprint density at radius 2 is 1.97 bits per heavy atom. The van der Waals surface area contributed by atoms with Crippen LogP contribution in [0.15, 0.2) is 30.5 Å². The lowest BCUT2D eigenvalue weighted by molar-refractivity contribution is 0.0679. The van der Waals surface area contributed by atoms with Gasteiger partial charge >= 0.3 is 6.03 Å². The third-order valence-corrected chi connectivity index (χ3v) is 5.78. The first kappa shape index (κ1) is 22.7. The highest BCUT2D eigenvalue weighted by Crippen LogP contribution is 2.40. The Hall–Kier alpha value is -2.00. The summed E-state index contributed by atoms with van der Waals surface area (Å²) in [6.07, 6.45) is 0.137. The maximum absolute atomic E-state index is 15.5. The van der Waals surface area contributed by atoms with E-state index in [1.807, 2.05) is 0 Å². The molecule has 6 nitrogen and oxygen atoms in total. The number of nitrogens with one attached hydrogen (secondary N) is 1. The number of hydrogen-bond acceptors (Lipinski definition) is 4. The average molecular weight is 460 g/mol. The van der Waals surface area contributed by atoms with Crippen molar-refractivity contribution in [3.63, 3.8) is 0 Å². The lowest BCUT2D eigenvalue weighted by Crippen LogP contribution is -2.45. The second kappa shape index (κ2) is 9.43. The molecule has 1 atom stereocenters. The fourth-order valence-electron chi connectivity index (χ4n) is 3.31. The molecule has 1 aromatic heterocycles. The number of piperidine rings is 1. The quantitative estimate of drug-likeness (QED) is 0.619. The molecule has 0 radical (unpaired) electrons. The summed E-state index contributed by atoms with van der Waals surface area (Å²) in [4.78, 5) is 18.0. The van der Waals surface area contributed by atoms with Gasteiger partial charge in [0.2, 0.25) is 0 Å². The van der Waals surface area contributed by atoms with E-state index in [9.17, 15) is 14.3 Å². The third-order valence-electron chi connectivity index (χ3n) is 5.14. The first-order chi connectivity index (χ1) is 14.3. The maximum Gasteiger partial charge on any atom is 0.321 e. The van der Waals surface area contributed by atoms with E-state index in [1.54, 1.807) is 6.07 Å². The van der Waals surface area contributed by atoms with E-state index in [4.69, 9.17) is 28.3 Å². The molecule has 0 bridgehead atoms.